The van der Waals surface area contributed by atoms with Crippen molar-refractivity contribution in [2.75, 3.05) is 0 Å². The molecule has 20 heavy (non-hydrogen) atoms. The summed E-state index contributed by atoms with van der Waals surface area (Å²) in [5, 5.41) is 2.49. The van der Waals surface area contributed by atoms with Gasteiger partial charge in [-0.15, -0.1) is 0 Å². The second-order valence-electron chi connectivity index (χ2n) is 4.17. The van der Waals surface area contributed by atoms with Gasteiger partial charge in [-0.25, -0.2) is 18.2 Å². The van der Waals surface area contributed by atoms with E-state index in [4.69, 9.17) is 4.42 Å². The molecular weight excluding hydrogens is 273 g/mol. The maximum atomic E-state index is 13.4. The Hall–Kier alpha value is -2.31. The van der Waals surface area contributed by atoms with Gasteiger partial charge in [-0.1, -0.05) is 0 Å². The van der Waals surface area contributed by atoms with Crippen molar-refractivity contribution in [1.29, 1.82) is 0 Å². The second kappa shape index (κ2) is 5.77. The van der Waals surface area contributed by atoms with Crippen molar-refractivity contribution in [1.82, 2.24) is 10.3 Å². The monoisotopic (exact) mass is 284 g/mol. The molecule has 0 radical (unpaired) electrons. The summed E-state index contributed by atoms with van der Waals surface area (Å²) in [4.78, 5) is 15.5. The highest BCUT2D eigenvalue weighted by Gasteiger charge is 2.13. The molecule has 1 N–H and O–H groups in total. The smallest absolute Gasteiger partial charge is 0.224 e. The summed E-state index contributed by atoms with van der Waals surface area (Å²) in [7, 11) is 0. The Labute approximate surface area is 112 Å². The van der Waals surface area contributed by atoms with E-state index >= 15 is 0 Å². The van der Waals surface area contributed by atoms with Crippen molar-refractivity contribution in [2.45, 2.75) is 19.9 Å². The molecule has 0 saturated heterocycles. The fraction of sp³-hybridized carbons (Fsp3) is 0.231. The van der Waals surface area contributed by atoms with Crippen LogP contribution in [0.3, 0.4) is 0 Å². The molecule has 4 nitrogen and oxygen atoms in total. The van der Waals surface area contributed by atoms with Gasteiger partial charge in [0.1, 0.15) is 17.3 Å². The van der Waals surface area contributed by atoms with Crippen LogP contribution in [0.25, 0.3) is 0 Å². The van der Waals surface area contributed by atoms with Crippen LogP contribution in [0.2, 0.25) is 0 Å². The van der Waals surface area contributed by atoms with Crippen molar-refractivity contribution in [3.05, 3.63) is 53.0 Å². The minimum atomic E-state index is -1.29. The molecule has 1 amide bonds. The first kappa shape index (κ1) is 14.1. The van der Waals surface area contributed by atoms with E-state index in [0.29, 0.717) is 23.6 Å². The minimum Gasteiger partial charge on any atom is -0.448 e. The predicted molar refractivity (Wildman–Crippen MR) is 63.1 cm³/mol. The lowest BCUT2D eigenvalue weighted by Crippen LogP contribution is -2.25. The summed E-state index contributed by atoms with van der Waals surface area (Å²) < 4.78 is 44.0. The van der Waals surface area contributed by atoms with Gasteiger partial charge in [0, 0.05) is 11.6 Å². The van der Waals surface area contributed by atoms with Gasteiger partial charge in [0.05, 0.1) is 13.0 Å². The first-order valence-corrected chi connectivity index (χ1v) is 5.76. The molecule has 2 rings (SSSR count). The van der Waals surface area contributed by atoms with Crippen LogP contribution in [-0.4, -0.2) is 10.9 Å². The van der Waals surface area contributed by atoms with Crippen LogP contribution in [0.4, 0.5) is 13.2 Å². The van der Waals surface area contributed by atoms with E-state index in [0.717, 1.165) is 0 Å². The quantitative estimate of drug-likeness (QED) is 0.876. The van der Waals surface area contributed by atoms with Crippen molar-refractivity contribution < 1.29 is 22.4 Å². The zero-order valence-electron chi connectivity index (χ0n) is 10.5. The summed E-state index contributed by atoms with van der Waals surface area (Å²) in [6, 6.07) is 1.09. The van der Waals surface area contributed by atoms with E-state index in [1.165, 1.54) is 6.39 Å². The Bertz CT molecular complexity index is 641. The average molecular weight is 284 g/mol. The number of hydrogen-bond donors (Lipinski definition) is 1. The van der Waals surface area contributed by atoms with E-state index in [2.05, 4.69) is 10.3 Å². The maximum Gasteiger partial charge on any atom is 0.224 e. The number of amides is 1. The number of carbonyl (C=O) groups is 1. The van der Waals surface area contributed by atoms with Gasteiger partial charge in [-0.2, -0.15) is 0 Å². The molecule has 0 unspecified atom stereocenters. The Morgan fingerprint density at radius 3 is 2.60 bits per heavy atom. The number of nitrogens with zero attached hydrogens (tertiary/aromatic N) is 1. The summed E-state index contributed by atoms with van der Waals surface area (Å²) >= 11 is 0. The molecule has 7 heteroatoms. The molecule has 1 heterocycles. The zero-order valence-corrected chi connectivity index (χ0v) is 10.5. The maximum absolute atomic E-state index is 13.4. The first-order chi connectivity index (χ1) is 9.47. The highest BCUT2D eigenvalue weighted by atomic mass is 19.2. The van der Waals surface area contributed by atoms with Gasteiger partial charge in [-0.3, -0.25) is 4.79 Å². The highest BCUT2D eigenvalue weighted by Crippen LogP contribution is 2.14. The lowest BCUT2D eigenvalue weighted by molar-refractivity contribution is -0.120. The molecule has 0 saturated carbocycles. The summed E-state index contributed by atoms with van der Waals surface area (Å²) in [6.07, 6.45) is 0.853. The van der Waals surface area contributed by atoms with Crippen molar-refractivity contribution in [3.8, 4) is 0 Å². The SMILES string of the molecule is Cc1ocnc1CNC(=O)Cc1cc(F)c(F)cc1F. The third kappa shape index (κ3) is 3.17. The lowest BCUT2D eigenvalue weighted by atomic mass is 10.1. The van der Waals surface area contributed by atoms with E-state index in [-0.39, 0.29) is 18.5 Å². The Morgan fingerprint density at radius 1 is 1.25 bits per heavy atom. The van der Waals surface area contributed by atoms with E-state index in [1.807, 2.05) is 0 Å². The van der Waals surface area contributed by atoms with Crippen LogP contribution in [-0.2, 0) is 17.8 Å². The Morgan fingerprint density at radius 2 is 1.95 bits per heavy atom. The number of nitrogens with one attached hydrogen (secondary N) is 1. The second-order valence-corrected chi connectivity index (χ2v) is 4.17. The standard InChI is InChI=1S/C13H11F3N2O2/c1-7-12(18-6-20-7)5-17-13(19)3-8-2-10(15)11(16)4-9(8)14/h2,4,6H,3,5H2,1H3,(H,17,19). The first-order valence-electron chi connectivity index (χ1n) is 5.76. The molecule has 0 aliphatic carbocycles. The van der Waals surface area contributed by atoms with Crippen LogP contribution < -0.4 is 5.32 Å². The molecule has 1 aromatic carbocycles. The molecule has 0 fully saturated rings. The van der Waals surface area contributed by atoms with Gasteiger partial charge in [0.25, 0.3) is 0 Å². The van der Waals surface area contributed by atoms with Crippen LogP contribution in [0.1, 0.15) is 17.0 Å². The van der Waals surface area contributed by atoms with E-state index in [1.54, 1.807) is 6.92 Å². The largest absolute Gasteiger partial charge is 0.448 e. The number of benzene rings is 1. The van der Waals surface area contributed by atoms with Crippen molar-refractivity contribution in [2.24, 2.45) is 0 Å². The molecule has 2 aromatic rings. The molecule has 0 spiro atoms. The summed E-state index contributed by atoms with van der Waals surface area (Å²) in [6.45, 7) is 1.80. The van der Waals surface area contributed by atoms with Gasteiger partial charge in [-0.05, 0) is 13.0 Å². The van der Waals surface area contributed by atoms with Crippen molar-refractivity contribution in [3.63, 3.8) is 0 Å². The molecule has 0 atom stereocenters. The number of carbonyl (C=O) groups excluding carboxylic acids is 1. The highest BCUT2D eigenvalue weighted by molar-refractivity contribution is 5.78. The normalized spacial score (nSPS) is 10.6. The van der Waals surface area contributed by atoms with Crippen LogP contribution in [0.5, 0.6) is 0 Å². The lowest BCUT2D eigenvalue weighted by Gasteiger charge is -2.05. The minimum absolute atomic E-state index is 0.118. The van der Waals surface area contributed by atoms with Crippen LogP contribution in [0.15, 0.2) is 22.9 Å². The fourth-order valence-corrected chi connectivity index (χ4v) is 1.62. The van der Waals surface area contributed by atoms with Crippen LogP contribution >= 0.6 is 0 Å². The van der Waals surface area contributed by atoms with Crippen molar-refractivity contribution >= 4 is 5.91 Å². The van der Waals surface area contributed by atoms with Gasteiger partial charge in [0.15, 0.2) is 18.0 Å². The Kier molecular flexibility index (Phi) is 4.07. The molecule has 1 aromatic heterocycles. The van der Waals surface area contributed by atoms with E-state index < -0.39 is 23.4 Å². The zero-order chi connectivity index (χ0) is 14.7. The molecule has 0 aliphatic rings. The van der Waals surface area contributed by atoms with E-state index in [9.17, 15) is 18.0 Å². The molecular formula is C13H11F3N2O2. The Balaban J connectivity index is 1.98. The topological polar surface area (TPSA) is 55.1 Å². The third-order valence-electron chi connectivity index (χ3n) is 2.74. The molecule has 106 valence electrons. The average Bonchev–Trinajstić information content (AvgIpc) is 2.79. The summed E-state index contributed by atoms with van der Waals surface area (Å²) in [5.74, 6) is -3.41. The predicted octanol–water partition coefficient (Wildman–Crippen LogP) is 2.26. The van der Waals surface area contributed by atoms with Gasteiger partial charge in [0.2, 0.25) is 5.91 Å². The number of oxazole rings is 1. The fourth-order valence-electron chi connectivity index (χ4n) is 1.62. The van der Waals surface area contributed by atoms with Gasteiger partial charge < -0.3 is 9.73 Å². The molecule has 0 bridgehead atoms. The molecule has 0 aliphatic heterocycles. The van der Waals surface area contributed by atoms with Crippen LogP contribution in [0, 0.1) is 24.4 Å². The number of halogens is 3. The number of hydrogen-bond acceptors (Lipinski definition) is 3. The number of rotatable bonds is 4. The number of aryl methyl sites for hydroxylation is 1. The number of aromatic nitrogens is 1. The van der Waals surface area contributed by atoms with Gasteiger partial charge >= 0.3 is 0 Å². The summed E-state index contributed by atoms with van der Waals surface area (Å²) in [5.41, 5.74) is 0.336. The third-order valence-corrected chi connectivity index (χ3v) is 2.74.